The second-order valence-corrected chi connectivity index (χ2v) is 6.01. The molecule has 0 aromatic heterocycles. The minimum Gasteiger partial charge on any atom is -0.369 e. The third-order valence-electron chi connectivity index (χ3n) is 2.41. The molecule has 5 nitrogen and oxygen atoms in total. The van der Waals surface area contributed by atoms with Crippen LogP contribution in [0.25, 0.3) is 0 Å². The molecule has 0 aliphatic heterocycles. The molecule has 0 bridgehead atoms. The number of carbonyl (C=O) groups excluding carboxylic acids is 1. The van der Waals surface area contributed by atoms with Crippen LogP contribution in [0.1, 0.15) is 11.1 Å². The highest BCUT2D eigenvalue weighted by Crippen LogP contribution is 2.19. The van der Waals surface area contributed by atoms with Gasteiger partial charge in [-0.15, -0.1) is 0 Å². The van der Waals surface area contributed by atoms with E-state index in [1.807, 2.05) is 13.0 Å². The number of primary amides is 1. The van der Waals surface area contributed by atoms with Crippen molar-refractivity contribution in [1.82, 2.24) is 4.31 Å². The Morgan fingerprint density at radius 3 is 2.47 bits per heavy atom. The topological polar surface area (TPSA) is 80.5 Å². The summed E-state index contributed by atoms with van der Waals surface area (Å²) < 4.78 is 25.3. The van der Waals surface area contributed by atoms with E-state index in [0.29, 0.717) is 5.56 Å². The van der Waals surface area contributed by atoms with Gasteiger partial charge in [-0.25, -0.2) is 8.42 Å². The molecule has 17 heavy (non-hydrogen) atoms. The van der Waals surface area contributed by atoms with Gasteiger partial charge in [-0.1, -0.05) is 12.1 Å². The van der Waals surface area contributed by atoms with E-state index in [9.17, 15) is 13.2 Å². The van der Waals surface area contributed by atoms with Gasteiger partial charge in [0.25, 0.3) is 0 Å². The Morgan fingerprint density at radius 2 is 1.94 bits per heavy atom. The van der Waals surface area contributed by atoms with Gasteiger partial charge in [0.15, 0.2) is 0 Å². The van der Waals surface area contributed by atoms with Crippen LogP contribution in [0, 0.1) is 13.8 Å². The number of rotatable bonds is 4. The Balaban J connectivity index is 3.21. The molecule has 94 valence electrons. The lowest BCUT2D eigenvalue weighted by Gasteiger charge is -2.17. The van der Waals surface area contributed by atoms with Gasteiger partial charge in [0.2, 0.25) is 15.9 Å². The average molecular weight is 256 g/mol. The fraction of sp³-hybridized carbons (Fsp3) is 0.364. The first kappa shape index (κ1) is 13.7. The van der Waals surface area contributed by atoms with Crippen molar-refractivity contribution >= 4 is 15.9 Å². The normalized spacial score (nSPS) is 11.8. The number of benzene rings is 1. The Morgan fingerprint density at radius 1 is 1.35 bits per heavy atom. The predicted molar refractivity (Wildman–Crippen MR) is 64.9 cm³/mol. The lowest BCUT2D eigenvalue weighted by molar-refractivity contribution is -0.118. The Bertz CT molecular complexity index is 538. The van der Waals surface area contributed by atoms with Crippen LogP contribution in [0.3, 0.4) is 0 Å². The highest BCUT2D eigenvalue weighted by Gasteiger charge is 2.23. The number of hydrogen-bond acceptors (Lipinski definition) is 3. The lowest BCUT2D eigenvalue weighted by atomic mass is 10.2. The highest BCUT2D eigenvalue weighted by atomic mass is 32.2. The number of carbonyl (C=O) groups is 1. The molecule has 0 aliphatic rings. The van der Waals surface area contributed by atoms with Crippen LogP contribution in [-0.4, -0.2) is 32.2 Å². The maximum Gasteiger partial charge on any atom is 0.243 e. The lowest BCUT2D eigenvalue weighted by Crippen LogP contribution is -2.35. The molecule has 0 unspecified atom stereocenters. The molecule has 0 heterocycles. The summed E-state index contributed by atoms with van der Waals surface area (Å²) in [5.74, 6) is -0.679. The van der Waals surface area contributed by atoms with E-state index in [1.165, 1.54) is 7.05 Å². The van der Waals surface area contributed by atoms with Crippen molar-refractivity contribution in [2.24, 2.45) is 5.73 Å². The molecular formula is C11H16N2O3S. The van der Waals surface area contributed by atoms with E-state index in [2.05, 4.69) is 0 Å². The van der Waals surface area contributed by atoms with Crippen molar-refractivity contribution in [3.8, 4) is 0 Å². The van der Waals surface area contributed by atoms with Gasteiger partial charge in [-0.2, -0.15) is 4.31 Å². The molecule has 0 spiro atoms. The smallest absolute Gasteiger partial charge is 0.243 e. The summed E-state index contributed by atoms with van der Waals surface area (Å²) in [5, 5.41) is 0. The number of nitrogens with zero attached hydrogens (tertiary/aromatic N) is 1. The van der Waals surface area contributed by atoms with Crippen molar-refractivity contribution in [3.63, 3.8) is 0 Å². The minimum absolute atomic E-state index is 0.209. The van der Waals surface area contributed by atoms with Crippen LogP contribution in [0.15, 0.2) is 23.1 Å². The van der Waals surface area contributed by atoms with Crippen LogP contribution in [0.4, 0.5) is 0 Å². The van der Waals surface area contributed by atoms with Crippen LogP contribution in [0.5, 0.6) is 0 Å². The standard InChI is InChI=1S/C11H16N2O3S/c1-8-4-5-9(2)10(6-8)17(15,16)13(3)7-11(12)14/h4-6H,7H2,1-3H3,(H2,12,14). The number of aryl methyl sites for hydroxylation is 2. The summed E-state index contributed by atoms with van der Waals surface area (Å²) in [6, 6.07) is 5.16. The van der Waals surface area contributed by atoms with E-state index in [-0.39, 0.29) is 11.4 Å². The van der Waals surface area contributed by atoms with E-state index >= 15 is 0 Å². The molecular weight excluding hydrogens is 240 g/mol. The Kier molecular flexibility index (Phi) is 3.90. The summed E-state index contributed by atoms with van der Waals surface area (Å²) in [4.78, 5) is 11.0. The van der Waals surface area contributed by atoms with Crippen molar-refractivity contribution in [2.75, 3.05) is 13.6 Å². The van der Waals surface area contributed by atoms with E-state index in [1.54, 1.807) is 19.1 Å². The minimum atomic E-state index is -3.65. The maximum absolute atomic E-state index is 12.2. The first-order valence-electron chi connectivity index (χ1n) is 5.07. The largest absolute Gasteiger partial charge is 0.369 e. The fourth-order valence-corrected chi connectivity index (χ4v) is 2.90. The maximum atomic E-state index is 12.2. The summed E-state index contributed by atoms with van der Waals surface area (Å²) >= 11 is 0. The van der Waals surface area contributed by atoms with Crippen molar-refractivity contribution in [3.05, 3.63) is 29.3 Å². The van der Waals surface area contributed by atoms with Gasteiger partial charge < -0.3 is 5.73 Å². The summed E-state index contributed by atoms with van der Waals surface area (Å²) in [5.41, 5.74) is 6.49. The Labute approximate surface area is 101 Å². The molecule has 1 rings (SSSR count). The van der Waals surface area contributed by atoms with Crippen LogP contribution >= 0.6 is 0 Å². The van der Waals surface area contributed by atoms with Gasteiger partial charge in [0.1, 0.15) is 0 Å². The highest BCUT2D eigenvalue weighted by molar-refractivity contribution is 7.89. The van der Waals surface area contributed by atoms with Gasteiger partial charge in [-0.3, -0.25) is 4.79 Å². The predicted octanol–water partition coefficient (Wildman–Crippen LogP) is 0.409. The molecule has 1 aromatic rings. The van der Waals surface area contributed by atoms with Crippen molar-refractivity contribution < 1.29 is 13.2 Å². The second-order valence-electron chi connectivity index (χ2n) is 4.00. The summed E-state index contributed by atoms with van der Waals surface area (Å²) in [7, 11) is -2.32. The van der Waals surface area contributed by atoms with Crippen LogP contribution in [-0.2, 0) is 14.8 Å². The first-order chi connectivity index (χ1) is 7.75. The number of amides is 1. The van der Waals surface area contributed by atoms with Gasteiger partial charge >= 0.3 is 0 Å². The molecule has 0 aliphatic carbocycles. The molecule has 1 aromatic carbocycles. The monoisotopic (exact) mass is 256 g/mol. The first-order valence-corrected chi connectivity index (χ1v) is 6.51. The molecule has 0 atom stereocenters. The SMILES string of the molecule is Cc1ccc(C)c(S(=O)(=O)N(C)CC(N)=O)c1. The number of sulfonamides is 1. The quantitative estimate of drug-likeness (QED) is 0.847. The van der Waals surface area contributed by atoms with Crippen molar-refractivity contribution in [1.29, 1.82) is 0 Å². The second kappa shape index (κ2) is 4.85. The van der Waals surface area contributed by atoms with E-state index in [0.717, 1.165) is 9.87 Å². The van der Waals surface area contributed by atoms with Crippen molar-refractivity contribution in [2.45, 2.75) is 18.7 Å². The molecule has 2 N–H and O–H groups in total. The summed E-state index contributed by atoms with van der Waals surface area (Å²) in [6.45, 7) is 3.20. The molecule has 0 saturated heterocycles. The number of hydrogen-bond donors (Lipinski definition) is 1. The van der Waals surface area contributed by atoms with Crippen LogP contribution < -0.4 is 5.73 Å². The molecule has 0 fully saturated rings. The van der Waals surface area contributed by atoms with E-state index in [4.69, 9.17) is 5.73 Å². The molecule has 0 saturated carbocycles. The number of likely N-dealkylation sites (N-methyl/N-ethyl adjacent to an activating group) is 1. The zero-order valence-corrected chi connectivity index (χ0v) is 10.9. The van der Waals surface area contributed by atoms with E-state index < -0.39 is 15.9 Å². The molecule has 1 amide bonds. The zero-order valence-electron chi connectivity index (χ0n) is 10.1. The zero-order chi connectivity index (χ0) is 13.2. The average Bonchev–Trinajstić information content (AvgIpc) is 2.20. The third-order valence-corrected chi connectivity index (χ3v) is 4.36. The van der Waals surface area contributed by atoms with Gasteiger partial charge in [0.05, 0.1) is 11.4 Å². The molecule has 0 radical (unpaired) electrons. The summed E-state index contributed by atoms with van der Waals surface area (Å²) in [6.07, 6.45) is 0. The Hall–Kier alpha value is -1.40. The fourth-order valence-electron chi connectivity index (χ4n) is 1.46. The number of nitrogens with two attached hydrogens (primary N) is 1. The van der Waals surface area contributed by atoms with Gasteiger partial charge in [0, 0.05) is 7.05 Å². The van der Waals surface area contributed by atoms with Crippen LogP contribution in [0.2, 0.25) is 0 Å². The molecule has 6 heteroatoms. The third kappa shape index (κ3) is 3.04. The van der Waals surface area contributed by atoms with Gasteiger partial charge in [-0.05, 0) is 31.0 Å².